The molecule has 0 aliphatic heterocycles. The number of hydrogen-bond donors (Lipinski definition) is 3. The highest BCUT2D eigenvalue weighted by Gasteiger charge is 2.15. The maximum absolute atomic E-state index is 12.0. The Balaban J connectivity index is 2.72. The van der Waals surface area contributed by atoms with Gasteiger partial charge in [-0.15, -0.1) is 0 Å². The quantitative estimate of drug-likeness (QED) is 0.750. The first-order chi connectivity index (χ1) is 9.79. The molecule has 5 heteroatoms. The molecule has 0 saturated carbocycles. The lowest BCUT2D eigenvalue weighted by Crippen LogP contribution is -2.36. The number of nitrogens with two attached hydrogens (primary N) is 1. The summed E-state index contributed by atoms with van der Waals surface area (Å²) >= 11 is 0. The van der Waals surface area contributed by atoms with Gasteiger partial charge >= 0.3 is 0 Å². The van der Waals surface area contributed by atoms with E-state index in [1.54, 1.807) is 24.3 Å². The van der Waals surface area contributed by atoms with Crippen LogP contribution in [0.4, 0.5) is 5.69 Å². The molecule has 0 aliphatic rings. The Hall–Kier alpha value is -1.88. The van der Waals surface area contributed by atoms with Crippen molar-refractivity contribution >= 4 is 17.5 Å². The minimum Gasteiger partial charge on any atom is -0.350 e. The zero-order valence-electron chi connectivity index (χ0n) is 13.1. The van der Waals surface area contributed by atoms with Crippen LogP contribution >= 0.6 is 0 Å². The summed E-state index contributed by atoms with van der Waals surface area (Å²) in [6.45, 7) is 7.83. The fourth-order valence-electron chi connectivity index (χ4n) is 1.93. The fourth-order valence-corrected chi connectivity index (χ4v) is 1.93. The van der Waals surface area contributed by atoms with Crippen LogP contribution < -0.4 is 16.4 Å². The van der Waals surface area contributed by atoms with Gasteiger partial charge in [0.2, 0.25) is 5.91 Å². The molecule has 4 N–H and O–H groups in total. The van der Waals surface area contributed by atoms with E-state index in [4.69, 9.17) is 5.73 Å². The largest absolute Gasteiger partial charge is 0.350 e. The predicted molar refractivity (Wildman–Crippen MR) is 85.1 cm³/mol. The number of amides is 2. The number of hydrogen-bond acceptors (Lipinski definition) is 3. The van der Waals surface area contributed by atoms with Gasteiger partial charge in [-0.2, -0.15) is 0 Å². The Labute approximate surface area is 126 Å². The van der Waals surface area contributed by atoms with Crippen LogP contribution in [0, 0.1) is 5.92 Å². The van der Waals surface area contributed by atoms with Crippen molar-refractivity contribution in [1.82, 2.24) is 5.32 Å². The lowest BCUT2D eigenvalue weighted by molar-refractivity contribution is -0.117. The van der Waals surface area contributed by atoms with E-state index in [9.17, 15) is 9.59 Å². The topological polar surface area (TPSA) is 84.2 Å². The van der Waals surface area contributed by atoms with Crippen LogP contribution in [0.1, 0.15) is 44.5 Å². The van der Waals surface area contributed by atoms with Crippen LogP contribution in [0.2, 0.25) is 0 Å². The van der Waals surface area contributed by atoms with Crippen LogP contribution in [-0.4, -0.2) is 23.9 Å². The molecule has 0 aromatic heterocycles. The molecule has 116 valence electrons. The van der Waals surface area contributed by atoms with Gasteiger partial charge in [0.25, 0.3) is 5.91 Å². The van der Waals surface area contributed by atoms with Gasteiger partial charge in [0.1, 0.15) is 0 Å². The van der Waals surface area contributed by atoms with Gasteiger partial charge in [-0.3, -0.25) is 9.59 Å². The van der Waals surface area contributed by atoms with Gasteiger partial charge in [-0.1, -0.05) is 19.9 Å². The van der Waals surface area contributed by atoms with E-state index in [0.717, 1.165) is 0 Å². The minimum absolute atomic E-state index is 0.0650. The van der Waals surface area contributed by atoms with Crippen molar-refractivity contribution in [2.24, 2.45) is 11.7 Å². The van der Waals surface area contributed by atoms with E-state index in [1.807, 2.05) is 27.7 Å². The monoisotopic (exact) mass is 291 g/mol. The third-order valence-corrected chi connectivity index (χ3v) is 2.87. The maximum atomic E-state index is 12.0. The second kappa shape index (κ2) is 7.78. The first kappa shape index (κ1) is 17.2. The molecule has 21 heavy (non-hydrogen) atoms. The van der Waals surface area contributed by atoms with Gasteiger partial charge in [0.05, 0.1) is 6.04 Å². The Kier molecular flexibility index (Phi) is 6.37. The molecule has 0 bridgehead atoms. The number of carbonyl (C=O) groups excluding carboxylic acids is 2. The van der Waals surface area contributed by atoms with Gasteiger partial charge in [-0.05, 0) is 44.4 Å². The number of nitrogens with one attached hydrogen (secondary N) is 2. The van der Waals surface area contributed by atoms with E-state index >= 15 is 0 Å². The molecule has 0 heterocycles. The molecule has 0 radical (unpaired) electrons. The normalized spacial score (nSPS) is 12.3. The number of benzene rings is 1. The van der Waals surface area contributed by atoms with Gasteiger partial charge in [0, 0.05) is 17.3 Å². The van der Waals surface area contributed by atoms with Gasteiger partial charge in [0.15, 0.2) is 0 Å². The molecule has 0 unspecified atom stereocenters. The van der Waals surface area contributed by atoms with E-state index in [-0.39, 0.29) is 17.9 Å². The van der Waals surface area contributed by atoms with Crippen molar-refractivity contribution in [1.29, 1.82) is 0 Å². The van der Waals surface area contributed by atoms with E-state index < -0.39 is 6.04 Å². The first-order valence-electron chi connectivity index (χ1n) is 7.27. The summed E-state index contributed by atoms with van der Waals surface area (Å²) in [5.41, 5.74) is 6.93. The Bertz CT molecular complexity index is 498. The predicted octanol–water partition coefficient (Wildman–Crippen LogP) is 2.14. The third kappa shape index (κ3) is 5.95. The minimum atomic E-state index is -0.543. The molecule has 1 atom stereocenters. The molecule has 1 aromatic carbocycles. The second-order valence-electron chi connectivity index (χ2n) is 5.93. The molecule has 1 rings (SSSR count). The molecule has 2 amide bonds. The summed E-state index contributed by atoms with van der Waals surface area (Å²) in [6.07, 6.45) is 0.624. The average molecular weight is 291 g/mol. The average Bonchev–Trinajstić information content (AvgIpc) is 2.37. The molecule has 5 nitrogen and oxygen atoms in total. The SMILES string of the molecule is CC(C)C[C@H](N)C(=O)Nc1cccc(C(=O)NC(C)C)c1. The van der Waals surface area contributed by atoms with E-state index in [1.165, 1.54) is 0 Å². The second-order valence-corrected chi connectivity index (χ2v) is 5.93. The highest BCUT2D eigenvalue weighted by Crippen LogP contribution is 2.12. The lowest BCUT2D eigenvalue weighted by Gasteiger charge is -2.15. The Morgan fingerprint density at radius 2 is 1.86 bits per heavy atom. The number of anilines is 1. The van der Waals surface area contributed by atoms with Crippen LogP contribution in [0.15, 0.2) is 24.3 Å². The van der Waals surface area contributed by atoms with Crippen molar-refractivity contribution in [3.05, 3.63) is 29.8 Å². The summed E-state index contributed by atoms with van der Waals surface area (Å²) in [4.78, 5) is 23.9. The molecule has 0 spiro atoms. The van der Waals surface area contributed by atoms with Crippen LogP contribution in [0.25, 0.3) is 0 Å². The zero-order valence-corrected chi connectivity index (χ0v) is 13.1. The van der Waals surface area contributed by atoms with Crippen molar-refractivity contribution < 1.29 is 9.59 Å². The number of carbonyl (C=O) groups is 2. The molecular formula is C16H25N3O2. The Morgan fingerprint density at radius 1 is 1.19 bits per heavy atom. The van der Waals surface area contributed by atoms with Crippen molar-refractivity contribution in [2.45, 2.75) is 46.2 Å². The summed E-state index contributed by atoms with van der Waals surface area (Å²) < 4.78 is 0. The van der Waals surface area contributed by atoms with E-state index in [2.05, 4.69) is 10.6 Å². The maximum Gasteiger partial charge on any atom is 0.251 e. The molecule has 0 fully saturated rings. The third-order valence-electron chi connectivity index (χ3n) is 2.87. The van der Waals surface area contributed by atoms with Crippen LogP contribution in [0.5, 0.6) is 0 Å². The Morgan fingerprint density at radius 3 is 2.43 bits per heavy atom. The smallest absolute Gasteiger partial charge is 0.251 e. The van der Waals surface area contributed by atoms with Crippen molar-refractivity contribution in [2.75, 3.05) is 5.32 Å². The van der Waals surface area contributed by atoms with Gasteiger partial charge in [-0.25, -0.2) is 0 Å². The summed E-state index contributed by atoms with van der Waals surface area (Å²) in [5, 5.41) is 5.56. The van der Waals surface area contributed by atoms with Crippen molar-refractivity contribution in [3.8, 4) is 0 Å². The summed E-state index contributed by atoms with van der Waals surface area (Å²) in [7, 11) is 0. The molecule has 1 aromatic rings. The summed E-state index contributed by atoms with van der Waals surface area (Å²) in [5.74, 6) is -0.0356. The van der Waals surface area contributed by atoms with E-state index in [0.29, 0.717) is 23.6 Å². The van der Waals surface area contributed by atoms with Crippen molar-refractivity contribution in [3.63, 3.8) is 0 Å². The number of rotatable bonds is 6. The van der Waals surface area contributed by atoms with Gasteiger partial charge < -0.3 is 16.4 Å². The lowest BCUT2D eigenvalue weighted by atomic mass is 10.0. The zero-order chi connectivity index (χ0) is 16.0. The fraction of sp³-hybridized carbons (Fsp3) is 0.500. The first-order valence-corrected chi connectivity index (χ1v) is 7.27. The molecule has 0 saturated heterocycles. The molecule has 0 aliphatic carbocycles. The van der Waals surface area contributed by atoms with Crippen LogP contribution in [-0.2, 0) is 4.79 Å². The highest BCUT2D eigenvalue weighted by molar-refractivity contribution is 5.98. The summed E-state index contributed by atoms with van der Waals surface area (Å²) in [6, 6.07) is 6.36. The highest BCUT2D eigenvalue weighted by atomic mass is 16.2. The standard InChI is InChI=1S/C16H25N3O2/c1-10(2)8-14(17)16(21)19-13-7-5-6-12(9-13)15(20)18-11(3)4/h5-7,9-11,14H,8,17H2,1-4H3,(H,18,20)(H,19,21)/t14-/m0/s1. The van der Waals surface area contributed by atoms with Crippen LogP contribution in [0.3, 0.4) is 0 Å². The molecular weight excluding hydrogens is 266 g/mol.